The Hall–Kier alpha value is -0.0800. The molecule has 4 N–H and O–H groups in total. The Labute approximate surface area is 90.4 Å². The SMILES string of the molecule is CC(C)(C)CCN.CC(N)C(C)(C)C. The van der Waals surface area contributed by atoms with E-state index in [1.165, 1.54) is 0 Å². The highest BCUT2D eigenvalue weighted by Gasteiger charge is 2.14. The van der Waals surface area contributed by atoms with Gasteiger partial charge in [0.2, 0.25) is 0 Å². The summed E-state index contributed by atoms with van der Waals surface area (Å²) in [5.41, 5.74) is 11.6. The summed E-state index contributed by atoms with van der Waals surface area (Å²) < 4.78 is 0. The smallest absolute Gasteiger partial charge is 0.00591 e. The maximum Gasteiger partial charge on any atom is 0.00591 e. The van der Waals surface area contributed by atoms with Crippen LogP contribution in [0.1, 0.15) is 54.9 Å². The number of nitrogens with two attached hydrogens (primary N) is 2. The molecule has 0 amide bonds. The summed E-state index contributed by atoms with van der Waals surface area (Å²) in [6, 6.07) is 0.299. The molecule has 0 aliphatic heterocycles. The molecule has 0 saturated heterocycles. The molecule has 0 aromatic heterocycles. The van der Waals surface area contributed by atoms with E-state index in [1.54, 1.807) is 0 Å². The first-order chi connectivity index (χ1) is 6.00. The van der Waals surface area contributed by atoms with Crippen LogP contribution in [0.15, 0.2) is 0 Å². The van der Waals surface area contributed by atoms with Crippen molar-refractivity contribution in [1.29, 1.82) is 0 Å². The highest BCUT2D eigenvalue weighted by molar-refractivity contribution is 4.70. The molecule has 2 nitrogen and oxygen atoms in total. The maximum atomic E-state index is 5.57. The summed E-state index contributed by atoms with van der Waals surface area (Å²) in [5.74, 6) is 0. The minimum Gasteiger partial charge on any atom is -0.330 e. The third-order valence-electron chi connectivity index (χ3n) is 2.26. The van der Waals surface area contributed by atoms with Gasteiger partial charge in [-0.05, 0) is 30.7 Å². The zero-order valence-corrected chi connectivity index (χ0v) is 11.1. The van der Waals surface area contributed by atoms with Crippen LogP contribution in [0, 0.1) is 10.8 Å². The van der Waals surface area contributed by atoms with Gasteiger partial charge in [-0.2, -0.15) is 0 Å². The van der Waals surface area contributed by atoms with Crippen molar-refractivity contribution < 1.29 is 0 Å². The molecule has 1 unspecified atom stereocenters. The molecular formula is C12H30N2. The lowest BCUT2D eigenvalue weighted by Crippen LogP contribution is -2.31. The molecule has 0 spiro atoms. The number of rotatable bonds is 1. The van der Waals surface area contributed by atoms with Crippen molar-refractivity contribution in [1.82, 2.24) is 0 Å². The monoisotopic (exact) mass is 202 g/mol. The molecule has 0 aliphatic rings. The van der Waals surface area contributed by atoms with Gasteiger partial charge < -0.3 is 11.5 Å². The third-order valence-corrected chi connectivity index (χ3v) is 2.26. The van der Waals surface area contributed by atoms with Gasteiger partial charge in [0, 0.05) is 6.04 Å². The highest BCUT2D eigenvalue weighted by atomic mass is 14.6. The maximum absolute atomic E-state index is 5.57. The summed E-state index contributed by atoms with van der Waals surface area (Å²) in [4.78, 5) is 0. The molecule has 88 valence electrons. The first-order valence-corrected chi connectivity index (χ1v) is 5.46. The van der Waals surface area contributed by atoms with Crippen LogP contribution < -0.4 is 11.5 Å². The van der Waals surface area contributed by atoms with Gasteiger partial charge in [-0.15, -0.1) is 0 Å². The van der Waals surface area contributed by atoms with Crippen LogP contribution in [-0.4, -0.2) is 12.6 Å². The van der Waals surface area contributed by atoms with E-state index in [1.807, 2.05) is 6.92 Å². The molecule has 0 aliphatic carbocycles. The number of hydrogen-bond donors (Lipinski definition) is 2. The molecule has 0 bridgehead atoms. The molecule has 0 aromatic carbocycles. The standard InChI is InChI=1S/2C6H15N/c1-6(2,3)4-5-7;1-5(7)6(2,3)4/h4-5,7H2,1-3H3;5H,7H2,1-4H3. The molecule has 0 radical (unpaired) electrons. The lowest BCUT2D eigenvalue weighted by atomic mass is 9.89. The van der Waals surface area contributed by atoms with Crippen LogP contribution in [0.5, 0.6) is 0 Å². The van der Waals surface area contributed by atoms with Crippen molar-refractivity contribution >= 4 is 0 Å². The van der Waals surface area contributed by atoms with Crippen molar-refractivity contribution in [2.75, 3.05) is 6.54 Å². The van der Waals surface area contributed by atoms with Crippen molar-refractivity contribution in [3.63, 3.8) is 0 Å². The van der Waals surface area contributed by atoms with Crippen LogP contribution in [0.3, 0.4) is 0 Å². The molecule has 0 fully saturated rings. The van der Waals surface area contributed by atoms with Crippen molar-refractivity contribution in [3.8, 4) is 0 Å². The zero-order chi connectivity index (χ0) is 12.0. The molecular weight excluding hydrogens is 172 g/mol. The van der Waals surface area contributed by atoms with E-state index in [4.69, 9.17) is 11.5 Å². The van der Waals surface area contributed by atoms with Crippen LogP contribution in [-0.2, 0) is 0 Å². The van der Waals surface area contributed by atoms with Gasteiger partial charge in [0.1, 0.15) is 0 Å². The van der Waals surface area contributed by atoms with E-state index in [-0.39, 0.29) is 5.41 Å². The van der Waals surface area contributed by atoms with Crippen LogP contribution >= 0.6 is 0 Å². The van der Waals surface area contributed by atoms with Gasteiger partial charge in [-0.25, -0.2) is 0 Å². The fraction of sp³-hybridized carbons (Fsp3) is 1.00. The van der Waals surface area contributed by atoms with E-state index >= 15 is 0 Å². The summed E-state index contributed by atoms with van der Waals surface area (Å²) >= 11 is 0. The molecule has 0 heterocycles. The van der Waals surface area contributed by atoms with Crippen molar-refractivity contribution in [2.24, 2.45) is 22.3 Å². The minimum absolute atomic E-state index is 0.278. The Morgan fingerprint density at radius 2 is 1.29 bits per heavy atom. The Morgan fingerprint density at radius 1 is 1.00 bits per heavy atom. The summed E-state index contributed by atoms with van der Waals surface area (Å²) in [5, 5.41) is 0. The highest BCUT2D eigenvalue weighted by Crippen LogP contribution is 2.16. The average Bonchev–Trinajstić information content (AvgIpc) is 1.82. The van der Waals surface area contributed by atoms with Gasteiger partial charge >= 0.3 is 0 Å². The summed E-state index contributed by atoms with van der Waals surface area (Å²) in [7, 11) is 0. The first kappa shape index (κ1) is 16.4. The Kier molecular flexibility index (Phi) is 7.49. The molecule has 1 atom stereocenters. The number of hydrogen-bond acceptors (Lipinski definition) is 2. The van der Waals surface area contributed by atoms with E-state index in [0.717, 1.165) is 13.0 Å². The first-order valence-electron chi connectivity index (χ1n) is 5.46. The second-order valence-electron chi connectivity index (χ2n) is 6.25. The second-order valence-corrected chi connectivity index (χ2v) is 6.25. The zero-order valence-electron chi connectivity index (χ0n) is 11.1. The fourth-order valence-corrected chi connectivity index (χ4v) is 0.433. The van der Waals surface area contributed by atoms with E-state index in [2.05, 4.69) is 41.5 Å². The van der Waals surface area contributed by atoms with Gasteiger partial charge in [-0.1, -0.05) is 41.5 Å². The van der Waals surface area contributed by atoms with Gasteiger partial charge in [0.05, 0.1) is 0 Å². The predicted molar refractivity (Wildman–Crippen MR) is 66.2 cm³/mol. The average molecular weight is 202 g/mol. The van der Waals surface area contributed by atoms with E-state index in [9.17, 15) is 0 Å². The normalized spacial score (nSPS) is 14.4. The third kappa shape index (κ3) is 14.4. The lowest BCUT2D eigenvalue weighted by molar-refractivity contribution is 0.340. The van der Waals surface area contributed by atoms with Crippen LogP contribution in [0.2, 0.25) is 0 Å². The Morgan fingerprint density at radius 3 is 1.29 bits per heavy atom. The molecule has 0 saturated carbocycles. The molecule has 0 aromatic rings. The quantitative estimate of drug-likeness (QED) is 0.687. The molecule has 2 heteroatoms. The largest absolute Gasteiger partial charge is 0.330 e. The van der Waals surface area contributed by atoms with Crippen LogP contribution in [0.25, 0.3) is 0 Å². The van der Waals surface area contributed by atoms with Crippen LogP contribution in [0.4, 0.5) is 0 Å². The van der Waals surface area contributed by atoms with Gasteiger partial charge in [-0.3, -0.25) is 0 Å². The molecule has 0 rings (SSSR count). The fourth-order valence-electron chi connectivity index (χ4n) is 0.433. The van der Waals surface area contributed by atoms with E-state index < -0.39 is 0 Å². The van der Waals surface area contributed by atoms with Crippen molar-refractivity contribution in [2.45, 2.75) is 60.9 Å². The summed E-state index contributed by atoms with van der Waals surface area (Å²) in [6.07, 6.45) is 1.12. The predicted octanol–water partition coefficient (Wildman–Crippen LogP) is 2.76. The van der Waals surface area contributed by atoms with Crippen molar-refractivity contribution in [3.05, 3.63) is 0 Å². The summed E-state index contributed by atoms with van der Waals surface area (Å²) in [6.45, 7) is 15.8. The molecule has 14 heavy (non-hydrogen) atoms. The van der Waals surface area contributed by atoms with Gasteiger partial charge in [0.15, 0.2) is 0 Å². The lowest BCUT2D eigenvalue weighted by Gasteiger charge is -2.22. The minimum atomic E-state index is 0.278. The second kappa shape index (κ2) is 6.41. The Balaban J connectivity index is 0. The van der Waals surface area contributed by atoms with Gasteiger partial charge in [0.25, 0.3) is 0 Å². The van der Waals surface area contributed by atoms with E-state index in [0.29, 0.717) is 11.5 Å². The topological polar surface area (TPSA) is 52.0 Å². The Bertz CT molecular complexity index is 126.